The Labute approximate surface area is 83.3 Å². The molecule has 0 saturated carbocycles. The zero-order valence-corrected chi connectivity index (χ0v) is 8.27. The van der Waals surface area contributed by atoms with Gasteiger partial charge in [-0.1, -0.05) is 23.4 Å². The predicted molar refractivity (Wildman–Crippen MR) is 56.9 cm³/mol. The van der Waals surface area contributed by atoms with Crippen molar-refractivity contribution < 1.29 is 9.94 Å². The molecule has 0 heterocycles. The highest BCUT2D eigenvalue weighted by atomic mass is 16.5. The number of methoxy groups -OCH3 is 1. The smallest absolute Gasteiger partial charge is 0.126 e. The highest BCUT2D eigenvalue weighted by molar-refractivity contribution is 5.96. The Balaban J connectivity index is 2.91. The molecule has 1 aromatic carbocycles. The molecule has 1 N–H and O–H groups in total. The van der Waals surface area contributed by atoms with Crippen LogP contribution in [0.1, 0.15) is 12.5 Å². The van der Waals surface area contributed by atoms with Crippen molar-refractivity contribution in [2.45, 2.75) is 6.92 Å². The van der Waals surface area contributed by atoms with Crippen LogP contribution in [0.15, 0.2) is 35.5 Å². The molecule has 0 spiro atoms. The number of benzene rings is 1. The van der Waals surface area contributed by atoms with Gasteiger partial charge in [-0.25, -0.2) is 0 Å². The van der Waals surface area contributed by atoms with Crippen LogP contribution >= 0.6 is 0 Å². The summed E-state index contributed by atoms with van der Waals surface area (Å²) in [6, 6.07) is 7.64. The average molecular weight is 191 g/mol. The van der Waals surface area contributed by atoms with E-state index < -0.39 is 0 Å². The van der Waals surface area contributed by atoms with Crippen molar-refractivity contribution in [2.24, 2.45) is 5.16 Å². The van der Waals surface area contributed by atoms with E-state index in [4.69, 9.17) is 9.94 Å². The number of nitrogens with zero attached hydrogens (tertiary/aromatic N) is 1. The number of rotatable bonds is 3. The van der Waals surface area contributed by atoms with E-state index in [1.807, 2.05) is 30.3 Å². The van der Waals surface area contributed by atoms with Crippen molar-refractivity contribution >= 4 is 11.8 Å². The van der Waals surface area contributed by atoms with Crippen LogP contribution in [0.5, 0.6) is 5.75 Å². The Morgan fingerprint density at radius 2 is 2.14 bits per heavy atom. The molecular formula is C11H13NO2. The summed E-state index contributed by atoms with van der Waals surface area (Å²) >= 11 is 0. The molecule has 0 aliphatic rings. The van der Waals surface area contributed by atoms with Crippen molar-refractivity contribution in [1.82, 2.24) is 0 Å². The average Bonchev–Trinajstić information content (AvgIpc) is 2.26. The number of para-hydroxylation sites is 1. The normalized spacial score (nSPS) is 12.0. The number of hydrogen-bond acceptors (Lipinski definition) is 3. The highest BCUT2D eigenvalue weighted by Gasteiger charge is 1.96. The van der Waals surface area contributed by atoms with Crippen LogP contribution in [0.3, 0.4) is 0 Å². The van der Waals surface area contributed by atoms with Crippen molar-refractivity contribution in [3.05, 3.63) is 35.9 Å². The minimum atomic E-state index is 0.552. The minimum absolute atomic E-state index is 0.552. The van der Waals surface area contributed by atoms with Crippen LogP contribution in [0.4, 0.5) is 0 Å². The van der Waals surface area contributed by atoms with E-state index in [1.165, 1.54) is 0 Å². The van der Waals surface area contributed by atoms with E-state index >= 15 is 0 Å². The predicted octanol–water partition coefficient (Wildman–Crippen LogP) is 2.56. The second-order valence-electron chi connectivity index (χ2n) is 2.82. The largest absolute Gasteiger partial charge is 0.496 e. The second kappa shape index (κ2) is 5.07. The van der Waals surface area contributed by atoms with Gasteiger partial charge in [-0.15, -0.1) is 0 Å². The molecule has 0 fully saturated rings. The van der Waals surface area contributed by atoms with Gasteiger partial charge in [-0.2, -0.15) is 0 Å². The molecule has 3 heteroatoms. The summed E-state index contributed by atoms with van der Waals surface area (Å²) in [7, 11) is 1.62. The lowest BCUT2D eigenvalue weighted by Crippen LogP contribution is -1.87. The standard InChI is InChI=1S/C11H13NO2/c1-9(12-13)7-8-10-5-3-4-6-11(10)14-2/h3-8,13H,1-2H3. The maximum absolute atomic E-state index is 8.44. The molecule has 0 aromatic heterocycles. The molecule has 0 aliphatic heterocycles. The molecule has 14 heavy (non-hydrogen) atoms. The lowest BCUT2D eigenvalue weighted by molar-refractivity contribution is 0.319. The van der Waals surface area contributed by atoms with Gasteiger partial charge in [0.1, 0.15) is 5.75 Å². The van der Waals surface area contributed by atoms with Crippen molar-refractivity contribution in [3.8, 4) is 5.75 Å². The van der Waals surface area contributed by atoms with Gasteiger partial charge in [-0.05, 0) is 25.1 Å². The fourth-order valence-corrected chi connectivity index (χ4v) is 1.05. The molecule has 1 rings (SSSR count). The van der Waals surface area contributed by atoms with Crippen molar-refractivity contribution in [3.63, 3.8) is 0 Å². The summed E-state index contributed by atoms with van der Waals surface area (Å²) in [4.78, 5) is 0. The highest BCUT2D eigenvalue weighted by Crippen LogP contribution is 2.18. The van der Waals surface area contributed by atoms with Crippen molar-refractivity contribution in [1.29, 1.82) is 0 Å². The van der Waals surface area contributed by atoms with E-state index in [0.29, 0.717) is 5.71 Å². The van der Waals surface area contributed by atoms with Gasteiger partial charge in [0.25, 0.3) is 0 Å². The van der Waals surface area contributed by atoms with E-state index in [2.05, 4.69) is 5.16 Å². The first-order valence-corrected chi connectivity index (χ1v) is 4.27. The lowest BCUT2D eigenvalue weighted by atomic mass is 10.2. The number of hydrogen-bond donors (Lipinski definition) is 1. The Kier molecular flexibility index (Phi) is 3.73. The van der Waals surface area contributed by atoms with Crippen LogP contribution in [0.2, 0.25) is 0 Å². The molecule has 0 unspecified atom stereocenters. The SMILES string of the molecule is COc1ccccc1C=CC(C)=NO. The topological polar surface area (TPSA) is 41.8 Å². The van der Waals surface area contributed by atoms with Crippen LogP contribution in [0.25, 0.3) is 6.08 Å². The minimum Gasteiger partial charge on any atom is -0.496 e. The summed E-state index contributed by atoms with van der Waals surface area (Å²) in [5.74, 6) is 0.800. The number of allylic oxidation sites excluding steroid dienone is 1. The molecule has 0 saturated heterocycles. The summed E-state index contributed by atoms with van der Waals surface area (Å²) in [5.41, 5.74) is 1.51. The van der Waals surface area contributed by atoms with Gasteiger partial charge in [0.05, 0.1) is 12.8 Å². The third-order valence-corrected chi connectivity index (χ3v) is 1.80. The number of ether oxygens (including phenoxy) is 1. The summed E-state index contributed by atoms with van der Waals surface area (Å²) in [6.45, 7) is 1.71. The molecule has 0 amide bonds. The Hall–Kier alpha value is -1.77. The van der Waals surface area contributed by atoms with Crippen molar-refractivity contribution in [2.75, 3.05) is 7.11 Å². The maximum atomic E-state index is 8.44. The zero-order chi connectivity index (χ0) is 10.4. The molecule has 0 bridgehead atoms. The van der Waals surface area contributed by atoms with Crippen LogP contribution in [-0.2, 0) is 0 Å². The molecule has 1 aromatic rings. The van der Waals surface area contributed by atoms with E-state index in [-0.39, 0.29) is 0 Å². The van der Waals surface area contributed by atoms with Crippen LogP contribution in [-0.4, -0.2) is 18.0 Å². The lowest BCUT2D eigenvalue weighted by Gasteiger charge is -2.02. The van der Waals surface area contributed by atoms with Crippen LogP contribution in [0, 0.1) is 0 Å². The Morgan fingerprint density at radius 3 is 2.79 bits per heavy atom. The summed E-state index contributed by atoms with van der Waals surface area (Å²) in [6.07, 6.45) is 3.56. The third-order valence-electron chi connectivity index (χ3n) is 1.80. The van der Waals surface area contributed by atoms with Gasteiger partial charge in [0.15, 0.2) is 0 Å². The Bertz CT molecular complexity index is 356. The van der Waals surface area contributed by atoms with E-state index in [1.54, 1.807) is 20.1 Å². The molecule has 0 aliphatic carbocycles. The number of oxime groups is 1. The van der Waals surface area contributed by atoms with Gasteiger partial charge in [0.2, 0.25) is 0 Å². The monoisotopic (exact) mass is 191 g/mol. The summed E-state index contributed by atoms with van der Waals surface area (Å²) < 4.78 is 5.16. The fraction of sp³-hybridized carbons (Fsp3) is 0.182. The van der Waals surface area contributed by atoms with Gasteiger partial charge in [-0.3, -0.25) is 0 Å². The third kappa shape index (κ3) is 2.62. The van der Waals surface area contributed by atoms with Crippen LogP contribution < -0.4 is 4.74 Å². The molecule has 0 radical (unpaired) electrons. The quantitative estimate of drug-likeness (QED) is 0.453. The maximum Gasteiger partial charge on any atom is 0.126 e. The second-order valence-corrected chi connectivity index (χ2v) is 2.82. The summed E-state index contributed by atoms with van der Waals surface area (Å²) in [5, 5.41) is 11.5. The first-order chi connectivity index (χ1) is 6.77. The molecule has 74 valence electrons. The van der Waals surface area contributed by atoms with E-state index in [9.17, 15) is 0 Å². The van der Waals surface area contributed by atoms with E-state index in [0.717, 1.165) is 11.3 Å². The molecule has 0 atom stereocenters. The molecular weight excluding hydrogens is 178 g/mol. The first-order valence-electron chi connectivity index (χ1n) is 4.27. The molecule has 3 nitrogen and oxygen atoms in total. The Morgan fingerprint density at radius 1 is 1.43 bits per heavy atom. The van der Waals surface area contributed by atoms with Gasteiger partial charge in [0, 0.05) is 5.56 Å². The zero-order valence-electron chi connectivity index (χ0n) is 8.27. The van der Waals surface area contributed by atoms with Gasteiger partial charge < -0.3 is 9.94 Å². The fourth-order valence-electron chi connectivity index (χ4n) is 1.05. The first kappa shape index (κ1) is 10.3. The van der Waals surface area contributed by atoms with Gasteiger partial charge >= 0.3 is 0 Å².